The van der Waals surface area contributed by atoms with Gasteiger partial charge in [-0.3, -0.25) is 9.48 Å². The Bertz CT molecular complexity index is 2210. The minimum Gasteiger partial charge on any atom is -0.489 e. The van der Waals surface area contributed by atoms with Gasteiger partial charge in [-0.1, -0.05) is 48.5 Å². The average Bonchev–Trinajstić information content (AvgIpc) is 3.37. The molecule has 0 aliphatic heterocycles. The van der Waals surface area contributed by atoms with Crippen LogP contribution in [0.25, 0.3) is 22.3 Å². The molecule has 1 heterocycles. The molecule has 2 N–H and O–H groups in total. The summed E-state index contributed by atoms with van der Waals surface area (Å²) < 4.78 is 52.6. The van der Waals surface area contributed by atoms with Gasteiger partial charge in [0.15, 0.2) is 0 Å². The van der Waals surface area contributed by atoms with Crippen molar-refractivity contribution in [3.05, 3.63) is 149 Å². The number of anilines is 1. The van der Waals surface area contributed by atoms with Crippen molar-refractivity contribution in [1.29, 1.82) is 0 Å². The predicted molar refractivity (Wildman–Crippen MR) is 187 cm³/mol. The molecule has 0 atom stereocenters. The Morgan fingerprint density at radius 3 is 2.10 bits per heavy atom. The zero-order chi connectivity index (χ0) is 36.3. The normalized spacial score (nSPS) is 11.3. The lowest BCUT2D eigenvalue weighted by molar-refractivity contribution is -0.137. The van der Waals surface area contributed by atoms with E-state index in [2.05, 4.69) is 10.4 Å². The van der Waals surface area contributed by atoms with Gasteiger partial charge in [0.05, 0.1) is 22.5 Å². The molecule has 5 aromatic carbocycles. The van der Waals surface area contributed by atoms with Crippen LogP contribution in [0.3, 0.4) is 0 Å². The summed E-state index contributed by atoms with van der Waals surface area (Å²) in [5.41, 5.74) is 4.38. The number of benzene rings is 5. The molecule has 0 saturated carbocycles. The number of carboxylic acids is 1. The number of ether oxygens (including phenoxy) is 2. The molecule has 0 aliphatic rings. The van der Waals surface area contributed by atoms with E-state index in [1.807, 2.05) is 51.2 Å². The van der Waals surface area contributed by atoms with Crippen LogP contribution >= 0.6 is 0 Å². The van der Waals surface area contributed by atoms with Crippen LogP contribution in [0.2, 0.25) is 0 Å². The molecule has 0 fully saturated rings. The van der Waals surface area contributed by atoms with Gasteiger partial charge in [-0.15, -0.1) is 0 Å². The summed E-state index contributed by atoms with van der Waals surface area (Å²) in [6.07, 6.45) is -4.49. The number of halogens is 3. The minimum absolute atomic E-state index is 0.0139. The Hall–Kier alpha value is -6.36. The van der Waals surface area contributed by atoms with E-state index in [1.54, 1.807) is 59.3 Å². The van der Waals surface area contributed by atoms with E-state index in [0.29, 0.717) is 45.0 Å². The molecular formula is C40H32F3N3O5. The Balaban J connectivity index is 1.31. The third kappa shape index (κ3) is 7.78. The Kier molecular flexibility index (Phi) is 9.63. The molecule has 258 valence electrons. The van der Waals surface area contributed by atoms with Crippen molar-refractivity contribution >= 4 is 17.6 Å². The molecule has 51 heavy (non-hydrogen) atoms. The Morgan fingerprint density at radius 1 is 0.804 bits per heavy atom. The van der Waals surface area contributed by atoms with Gasteiger partial charge in [-0.05, 0) is 103 Å². The number of aromatic carboxylic acids is 1. The number of para-hydroxylation sites is 1. The number of amides is 1. The molecule has 0 spiro atoms. The highest BCUT2D eigenvalue weighted by Gasteiger charge is 2.30. The third-order valence-electron chi connectivity index (χ3n) is 8.34. The summed E-state index contributed by atoms with van der Waals surface area (Å²) in [6.45, 7) is 3.76. The maximum Gasteiger partial charge on any atom is 0.416 e. The Labute approximate surface area is 291 Å². The molecule has 1 aromatic heterocycles. The maximum atomic E-state index is 13.4. The van der Waals surface area contributed by atoms with Gasteiger partial charge in [-0.25, -0.2) is 4.79 Å². The van der Waals surface area contributed by atoms with E-state index >= 15 is 0 Å². The largest absolute Gasteiger partial charge is 0.489 e. The number of hydrogen-bond acceptors (Lipinski definition) is 5. The van der Waals surface area contributed by atoms with E-state index in [-0.39, 0.29) is 23.6 Å². The maximum absolute atomic E-state index is 13.4. The fourth-order valence-electron chi connectivity index (χ4n) is 5.69. The molecule has 6 aromatic rings. The summed E-state index contributed by atoms with van der Waals surface area (Å²) in [4.78, 5) is 26.1. The molecule has 8 nitrogen and oxygen atoms in total. The van der Waals surface area contributed by atoms with Crippen LogP contribution in [0.15, 0.2) is 115 Å². The lowest BCUT2D eigenvalue weighted by Crippen LogP contribution is -2.15. The van der Waals surface area contributed by atoms with E-state index < -0.39 is 23.6 Å². The topological polar surface area (TPSA) is 103 Å². The van der Waals surface area contributed by atoms with Crippen LogP contribution in [0, 0.1) is 13.8 Å². The second-order valence-corrected chi connectivity index (χ2v) is 11.8. The molecule has 0 aliphatic carbocycles. The average molecular weight is 692 g/mol. The molecule has 0 saturated heterocycles. The number of carbonyl (C=O) groups is 2. The molecule has 0 bridgehead atoms. The first-order valence-corrected chi connectivity index (χ1v) is 15.8. The summed E-state index contributed by atoms with van der Waals surface area (Å²) >= 11 is 0. The number of hydrogen-bond donors (Lipinski definition) is 2. The first-order chi connectivity index (χ1) is 24.4. The summed E-state index contributed by atoms with van der Waals surface area (Å²) in [6, 6.07) is 30.6. The van der Waals surface area contributed by atoms with Gasteiger partial charge in [0.25, 0.3) is 5.91 Å². The fraction of sp³-hybridized carbons (Fsp3) is 0.125. The van der Waals surface area contributed by atoms with E-state index in [1.165, 1.54) is 18.2 Å². The van der Waals surface area contributed by atoms with Crippen molar-refractivity contribution in [1.82, 2.24) is 9.78 Å². The molecule has 0 radical (unpaired) electrons. The van der Waals surface area contributed by atoms with Crippen LogP contribution in [-0.4, -0.2) is 26.8 Å². The van der Waals surface area contributed by atoms with Crippen molar-refractivity contribution in [2.24, 2.45) is 7.05 Å². The molecule has 1 amide bonds. The molecular weight excluding hydrogens is 659 g/mol. The van der Waals surface area contributed by atoms with Crippen molar-refractivity contribution < 1.29 is 37.3 Å². The number of alkyl halides is 3. The van der Waals surface area contributed by atoms with Gasteiger partial charge in [0.2, 0.25) is 0 Å². The summed E-state index contributed by atoms with van der Waals surface area (Å²) in [5, 5.41) is 17.6. The Morgan fingerprint density at radius 2 is 1.47 bits per heavy atom. The van der Waals surface area contributed by atoms with Gasteiger partial charge >= 0.3 is 12.1 Å². The van der Waals surface area contributed by atoms with Crippen LogP contribution < -0.4 is 14.8 Å². The fourth-order valence-corrected chi connectivity index (χ4v) is 5.69. The number of nitrogens with one attached hydrogen (secondary N) is 1. The van der Waals surface area contributed by atoms with E-state index in [4.69, 9.17) is 9.47 Å². The van der Waals surface area contributed by atoms with Crippen LogP contribution in [0.5, 0.6) is 17.2 Å². The molecule has 11 heteroatoms. The van der Waals surface area contributed by atoms with Crippen molar-refractivity contribution in [3.8, 4) is 39.5 Å². The first kappa shape index (κ1) is 34.5. The van der Waals surface area contributed by atoms with Crippen LogP contribution in [0.1, 0.15) is 43.2 Å². The van der Waals surface area contributed by atoms with Crippen LogP contribution in [0.4, 0.5) is 18.9 Å². The summed E-state index contributed by atoms with van der Waals surface area (Å²) in [7, 11) is 1.81. The van der Waals surface area contributed by atoms with Crippen molar-refractivity contribution in [2.75, 3.05) is 5.32 Å². The SMILES string of the molecule is Cc1nn(C)c(C)c1-c1cc(NC(=O)c2ccc(Oc3ccccc3)cc2)c(C(=O)O)cc1-c1ccc(COc2cccc(C(F)(F)F)c2)cc1. The predicted octanol–water partition coefficient (Wildman–Crippen LogP) is 9.71. The van der Waals surface area contributed by atoms with Crippen LogP contribution in [-0.2, 0) is 19.8 Å². The zero-order valence-corrected chi connectivity index (χ0v) is 27.8. The number of rotatable bonds is 10. The van der Waals surface area contributed by atoms with Gasteiger partial charge in [-0.2, -0.15) is 18.3 Å². The lowest BCUT2D eigenvalue weighted by atomic mass is 9.90. The summed E-state index contributed by atoms with van der Waals surface area (Å²) in [5.74, 6) is -0.486. The monoisotopic (exact) mass is 691 g/mol. The highest BCUT2D eigenvalue weighted by atomic mass is 19.4. The first-order valence-electron chi connectivity index (χ1n) is 15.8. The standard InChI is InChI=1S/C40H32F3N3O5/c1-24-37(25(2)46(3)45-24)34-22-36(44-38(47)28-16-18-31(19-17-28)51-30-9-5-4-6-10-30)35(39(48)49)21-33(34)27-14-12-26(13-15-27)23-50-32-11-7-8-29(20-32)40(41,42)43/h4-22H,23H2,1-3H3,(H,44,47)(H,48,49). The highest BCUT2D eigenvalue weighted by Crippen LogP contribution is 2.40. The number of nitrogens with zero attached hydrogens (tertiary/aromatic N) is 2. The number of carbonyl (C=O) groups excluding carboxylic acids is 1. The lowest BCUT2D eigenvalue weighted by Gasteiger charge is -2.17. The molecule has 0 unspecified atom stereocenters. The molecule has 6 rings (SSSR count). The zero-order valence-electron chi connectivity index (χ0n) is 27.8. The van der Waals surface area contributed by atoms with Crippen molar-refractivity contribution in [2.45, 2.75) is 26.6 Å². The number of aromatic nitrogens is 2. The minimum atomic E-state index is -4.49. The number of carboxylic acid groups (broad SMARTS) is 1. The van der Waals surface area contributed by atoms with E-state index in [9.17, 15) is 27.9 Å². The van der Waals surface area contributed by atoms with E-state index in [0.717, 1.165) is 23.4 Å². The highest BCUT2D eigenvalue weighted by molar-refractivity contribution is 6.09. The third-order valence-corrected chi connectivity index (χ3v) is 8.34. The second-order valence-electron chi connectivity index (χ2n) is 11.8. The van der Waals surface area contributed by atoms with Gasteiger partial charge in [0, 0.05) is 23.9 Å². The number of aryl methyl sites for hydroxylation is 2. The smallest absolute Gasteiger partial charge is 0.416 e. The second kappa shape index (κ2) is 14.2. The van der Waals surface area contributed by atoms with Gasteiger partial charge in [0.1, 0.15) is 23.9 Å². The quantitative estimate of drug-likeness (QED) is 0.148. The van der Waals surface area contributed by atoms with Crippen molar-refractivity contribution in [3.63, 3.8) is 0 Å². The van der Waals surface area contributed by atoms with Gasteiger partial charge < -0.3 is 19.9 Å².